The molecule has 2 saturated carbocycles. The molecule has 2 aliphatic carbocycles. The van der Waals surface area contributed by atoms with Gasteiger partial charge in [0.15, 0.2) is 0 Å². The number of rotatable bonds is 6. The van der Waals surface area contributed by atoms with Crippen molar-refractivity contribution in [3.8, 4) is 0 Å². The number of likely N-dealkylation sites (N-methyl/N-ethyl adjacent to an activating group) is 1. The topological polar surface area (TPSA) is 24.5 Å². The summed E-state index contributed by atoms with van der Waals surface area (Å²) in [6, 6.07) is 7.49. The van der Waals surface area contributed by atoms with Crippen LogP contribution < -0.4 is 5.32 Å². The van der Waals surface area contributed by atoms with E-state index >= 15 is 0 Å². The molecule has 4 rings (SSSR count). The molecule has 132 valence electrons. The SMILES string of the molecule is CN(CCNC1C2CCOC2C12CCCC2)Cc1ccc(F)cc1. The van der Waals surface area contributed by atoms with E-state index in [0.29, 0.717) is 17.6 Å². The van der Waals surface area contributed by atoms with Crippen molar-refractivity contribution >= 4 is 0 Å². The first-order chi connectivity index (χ1) is 11.7. The third-order valence-corrected chi connectivity index (χ3v) is 6.51. The molecule has 0 aromatic heterocycles. The van der Waals surface area contributed by atoms with Gasteiger partial charge in [-0.15, -0.1) is 0 Å². The van der Waals surface area contributed by atoms with Crippen molar-refractivity contribution in [3.63, 3.8) is 0 Å². The zero-order valence-electron chi connectivity index (χ0n) is 14.6. The molecule has 3 fully saturated rings. The lowest BCUT2D eigenvalue weighted by Crippen LogP contribution is -2.67. The zero-order valence-corrected chi connectivity index (χ0v) is 14.6. The molecular formula is C20H29FN2O. The molecule has 1 saturated heterocycles. The Morgan fingerprint density at radius 3 is 2.75 bits per heavy atom. The highest BCUT2D eigenvalue weighted by Gasteiger charge is 2.64. The first kappa shape index (κ1) is 16.5. The van der Waals surface area contributed by atoms with Gasteiger partial charge in [-0.05, 0) is 44.0 Å². The molecule has 1 aromatic rings. The van der Waals surface area contributed by atoms with Crippen LogP contribution in [0.15, 0.2) is 24.3 Å². The van der Waals surface area contributed by atoms with Crippen molar-refractivity contribution in [1.82, 2.24) is 10.2 Å². The Bertz CT molecular complexity index is 555. The molecule has 1 aliphatic heterocycles. The third-order valence-electron chi connectivity index (χ3n) is 6.51. The normalized spacial score (nSPS) is 30.7. The average molecular weight is 332 g/mol. The van der Waals surface area contributed by atoms with Crippen molar-refractivity contribution in [3.05, 3.63) is 35.6 Å². The number of hydrogen-bond donors (Lipinski definition) is 1. The Labute approximate surface area is 144 Å². The second-order valence-electron chi connectivity index (χ2n) is 7.98. The fourth-order valence-electron chi connectivity index (χ4n) is 5.40. The summed E-state index contributed by atoms with van der Waals surface area (Å²) in [5, 5.41) is 3.87. The van der Waals surface area contributed by atoms with Gasteiger partial charge < -0.3 is 15.0 Å². The zero-order chi connectivity index (χ0) is 16.6. The Morgan fingerprint density at radius 2 is 2.00 bits per heavy atom. The van der Waals surface area contributed by atoms with Crippen LogP contribution in [0.3, 0.4) is 0 Å². The first-order valence-electron chi connectivity index (χ1n) is 9.47. The van der Waals surface area contributed by atoms with Crippen molar-refractivity contribution in [2.75, 3.05) is 26.7 Å². The monoisotopic (exact) mass is 332 g/mol. The van der Waals surface area contributed by atoms with Gasteiger partial charge >= 0.3 is 0 Å². The van der Waals surface area contributed by atoms with Crippen LogP contribution in [-0.4, -0.2) is 43.8 Å². The fourth-order valence-corrected chi connectivity index (χ4v) is 5.40. The summed E-state index contributed by atoms with van der Waals surface area (Å²) >= 11 is 0. The van der Waals surface area contributed by atoms with Gasteiger partial charge in [0, 0.05) is 43.6 Å². The minimum absolute atomic E-state index is 0.164. The molecule has 3 atom stereocenters. The molecule has 1 spiro atoms. The summed E-state index contributed by atoms with van der Waals surface area (Å²) in [5.41, 5.74) is 1.61. The average Bonchev–Trinajstić information content (AvgIpc) is 3.22. The minimum atomic E-state index is -0.164. The lowest BCUT2D eigenvalue weighted by Gasteiger charge is -2.57. The van der Waals surface area contributed by atoms with E-state index in [2.05, 4.69) is 17.3 Å². The van der Waals surface area contributed by atoms with Gasteiger partial charge in [0.25, 0.3) is 0 Å². The van der Waals surface area contributed by atoms with Gasteiger partial charge in [-0.1, -0.05) is 25.0 Å². The highest BCUT2D eigenvalue weighted by atomic mass is 19.1. The Balaban J connectivity index is 1.27. The predicted octanol–water partition coefficient (Wildman–Crippen LogP) is 3.19. The van der Waals surface area contributed by atoms with Crippen molar-refractivity contribution < 1.29 is 9.13 Å². The van der Waals surface area contributed by atoms with E-state index in [1.807, 2.05) is 12.1 Å². The van der Waals surface area contributed by atoms with E-state index in [1.165, 1.54) is 37.7 Å². The number of nitrogens with one attached hydrogen (secondary N) is 1. The highest BCUT2D eigenvalue weighted by Crippen LogP contribution is 2.60. The molecule has 3 aliphatic rings. The van der Waals surface area contributed by atoms with Crippen molar-refractivity contribution in [2.45, 2.75) is 50.8 Å². The second-order valence-corrected chi connectivity index (χ2v) is 7.98. The molecule has 1 heterocycles. The Hall–Kier alpha value is -0.970. The quantitative estimate of drug-likeness (QED) is 0.866. The number of nitrogens with zero attached hydrogens (tertiary/aromatic N) is 1. The van der Waals surface area contributed by atoms with Crippen molar-refractivity contribution in [2.24, 2.45) is 11.3 Å². The number of fused-ring (bicyclic) bond motifs is 2. The summed E-state index contributed by atoms with van der Waals surface area (Å²) in [5.74, 6) is 0.578. The molecular weight excluding hydrogens is 303 g/mol. The van der Waals surface area contributed by atoms with Crippen LogP contribution in [0.4, 0.5) is 4.39 Å². The van der Waals surface area contributed by atoms with E-state index in [9.17, 15) is 4.39 Å². The summed E-state index contributed by atoms with van der Waals surface area (Å²) in [4.78, 5) is 2.31. The fraction of sp³-hybridized carbons (Fsp3) is 0.700. The molecule has 0 bridgehead atoms. The molecule has 1 N–H and O–H groups in total. The Morgan fingerprint density at radius 1 is 1.25 bits per heavy atom. The van der Waals surface area contributed by atoms with E-state index in [4.69, 9.17) is 4.74 Å². The van der Waals surface area contributed by atoms with Crippen LogP contribution in [0.1, 0.15) is 37.7 Å². The maximum absolute atomic E-state index is 13.0. The molecule has 24 heavy (non-hydrogen) atoms. The van der Waals surface area contributed by atoms with Crippen LogP contribution >= 0.6 is 0 Å². The van der Waals surface area contributed by atoms with Crippen molar-refractivity contribution in [1.29, 1.82) is 0 Å². The predicted molar refractivity (Wildman–Crippen MR) is 93.3 cm³/mol. The van der Waals surface area contributed by atoms with Crippen LogP contribution in [0.2, 0.25) is 0 Å². The van der Waals surface area contributed by atoms with Gasteiger partial charge in [-0.25, -0.2) is 4.39 Å². The maximum Gasteiger partial charge on any atom is 0.123 e. The van der Waals surface area contributed by atoms with Gasteiger partial charge in [0.05, 0.1) is 6.10 Å². The molecule has 1 aromatic carbocycles. The van der Waals surface area contributed by atoms with E-state index in [1.54, 1.807) is 12.1 Å². The van der Waals surface area contributed by atoms with E-state index in [0.717, 1.165) is 32.2 Å². The molecule has 4 heteroatoms. The maximum atomic E-state index is 13.0. The van der Waals surface area contributed by atoms with Gasteiger partial charge in [0.2, 0.25) is 0 Å². The highest BCUT2D eigenvalue weighted by molar-refractivity contribution is 5.17. The number of ether oxygens (including phenoxy) is 1. The smallest absolute Gasteiger partial charge is 0.123 e. The van der Waals surface area contributed by atoms with Gasteiger partial charge in [-0.2, -0.15) is 0 Å². The van der Waals surface area contributed by atoms with Gasteiger partial charge in [-0.3, -0.25) is 0 Å². The number of hydrogen-bond acceptors (Lipinski definition) is 3. The summed E-state index contributed by atoms with van der Waals surface area (Å²) < 4.78 is 19.0. The standard InChI is InChI=1S/C20H29FN2O/c1-23(14-15-4-6-16(21)7-5-15)12-11-22-18-17-8-13-24-19(17)20(18)9-2-3-10-20/h4-7,17-19,22H,2-3,8-14H2,1H3. The second kappa shape index (κ2) is 6.74. The van der Waals surface area contributed by atoms with E-state index in [-0.39, 0.29) is 5.82 Å². The summed E-state index contributed by atoms with van der Waals surface area (Å²) in [6.45, 7) is 3.86. The minimum Gasteiger partial charge on any atom is -0.377 e. The number of halogens is 1. The molecule has 0 radical (unpaired) electrons. The lowest BCUT2D eigenvalue weighted by atomic mass is 9.54. The molecule has 3 nitrogen and oxygen atoms in total. The summed E-state index contributed by atoms with van der Waals surface area (Å²) in [6.07, 6.45) is 7.20. The first-order valence-corrected chi connectivity index (χ1v) is 9.47. The van der Waals surface area contributed by atoms with Crippen LogP contribution in [-0.2, 0) is 11.3 Å². The molecule has 3 unspecified atom stereocenters. The van der Waals surface area contributed by atoms with E-state index < -0.39 is 0 Å². The molecule has 0 amide bonds. The van der Waals surface area contributed by atoms with Crippen LogP contribution in [0.25, 0.3) is 0 Å². The lowest BCUT2D eigenvalue weighted by molar-refractivity contribution is -0.130. The van der Waals surface area contributed by atoms with Gasteiger partial charge in [0.1, 0.15) is 5.82 Å². The largest absolute Gasteiger partial charge is 0.377 e. The van der Waals surface area contributed by atoms with Crippen LogP contribution in [0.5, 0.6) is 0 Å². The Kier molecular flexibility index (Phi) is 4.63. The number of benzene rings is 1. The third kappa shape index (κ3) is 2.89. The van der Waals surface area contributed by atoms with Crippen LogP contribution in [0, 0.1) is 17.2 Å². The summed E-state index contributed by atoms with van der Waals surface area (Å²) in [7, 11) is 2.14.